The van der Waals surface area contributed by atoms with Crippen molar-refractivity contribution in [2.24, 2.45) is 0 Å². The Bertz CT molecular complexity index is 291. The quantitative estimate of drug-likeness (QED) is 0.548. The predicted molar refractivity (Wildman–Crippen MR) is 50.8 cm³/mol. The minimum Gasteiger partial charge on any atom is -0.204 e. The van der Waals surface area contributed by atoms with Gasteiger partial charge in [0.15, 0.2) is 11.6 Å². The molecule has 0 unspecified atom stereocenters. The minimum atomic E-state index is -0.704. The molecule has 0 heterocycles. The largest absolute Gasteiger partial charge is 0.204 e. The van der Waals surface area contributed by atoms with Crippen molar-refractivity contribution in [1.29, 1.82) is 0 Å². The van der Waals surface area contributed by atoms with Crippen LogP contribution in [0.4, 0.5) is 8.78 Å². The van der Waals surface area contributed by atoms with Crippen LogP contribution in [0.5, 0.6) is 0 Å². The third kappa shape index (κ3) is 1.75. The zero-order chi connectivity index (χ0) is 9.30. The topological polar surface area (TPSA) is 0 Å². The second-order valence-corrected chi connectivity index (χ2v) is 4.08. The smallest absolute Gasteiger partial charge is 0.158 e. The van der Waals surface area contributed by atoms with E-state index in [-0.39, 0.29) is 14.4 Å². The van der Waals surface area contributed by atoms with Gasteiger partial charge >= 0.3 is 0 Å². The van der Waals surface area contributed by atoms with Crippen molar-refractivity contribution >= 4 is 39.3 Å². The van der Waals surface area contributed by atoms with Crippen molar-refractivity contribution in [3.8, 4) is 0 Å². The molecule has 0 amide bonds. The third-order valence-corrected chi connectivity index (χ3v) is 2.89. The summed E-state index contributed by atoms with van der Waals surface area (Å²) in [5.74, 6) is -1.31. The van der Waals surface area contributed by atoms with Gasteiger partial charge in [0, 0.05) is 0 Å². The highest BCUT2D eigenvalue weighted by Crippen LogP contribution is 2.33. The summed E-state index contributed by atoms with van der Waals surface area (Å²) in [5.41, 5.74) is 0. The Morgan fingerprint density at radius 2 is 2.00 bits per heavy atom. The van der Waals surface area contributed by atoms with E-state index in [1.165, 1.54) is 6.07 Å². The van der Waals surface area contributed by atoms with Gasteiger partial charge in [-0.25, -0.2) is 8.78 Å². The lowest BCUT2D eigenvalue weighted by Crippen LogP contribution is -1.89. The minimum absolute atomic E-state index is 0.0608. The molecule has 0 nitrogen and oxygen atoms in total. The Morgan fingerprint density at radius 1 is 1.42 bits per heavy atom. The number of hydrogen-bond donors (Lipinski definition) is 0. The fourth-order valence-electron chi connectivity index (χ4n) is 0.730. The summed E-state index contributed by atoms with van der Waals surface area (Å²) < 4.78 is 26.3. The van der Waals surface area contributed by atoms with Crippen molar-refractivity contribution in [2.45, 2.75) is 4.90 Å². The first-order chi connectivity index (χ1) is 5.57. The second-order valence-electron chi connectivity index (χ2n) is 2.00. The molecule has 1 aromatic rings. The van der Waals surface area contributed by atoms with E-state index in [2.05, 4.69) is 15.9 Å². The average molecular weight is 274 g/mol. The lowest BCUT2D eigenvalue weighted by molar-refractivity contribution is 0.537. The Morgan fingerprint density at radius 3 is 2.50 bits per heavy atom. The number of hydrogen-bond acceptors (Lipinski definition) is 1. The van der Waals surface area contributed by atoms with E-state index < -0.39 is 11.6 Å². The predicted octanol–water partition coefficient (Wildman–Crippen LogP) is 4.10. The van der Waals surface area contributed by atoms with Crippen molar-refractivity contribution in [3.05, 3.63) is 27.2 Å². The van der Waals surface area contributed by atoms with E-state index in [0.29, 0.717) is 0 Å². The molecule has 0 atom stereocenters. The molecule has 66 valence electrons. The van der Waals surface area contributed by atoms with Crippen LogP contribution < -0.4 is 0 Å². The lowest BCUT2D eigenvalue weighted by atomic mass is 10.3. The zero-order valence-corrected chi connectivity index (χ0v) is 9.16. The van der Waals surface area contributed by atoms with Gasteiger partial charge in [-0.3, -0.25) is 0 Å². The standard InChI is InChI=1S/C7H4BrClF2S/c1-12-7-5(10)3(8)2-4(9)6(7)11/h2H,1H3. The summed E-state index contributed by atoms with van der Waals surface area (Å²) in [6.45, 7) is 0. The van der Waals surface area contributed by atoms with Gasteiger partial charge in [0.2, 0.25) is 0 Å². The summed E-state index contributed by atoms with van der Waals surface area (Å²) in [6, 6.07) is 1.20. The molecule has 0 N–H and O–H groups in total. The molecule has 0 aliphatic carbocycles. The van der Waals surface area contributed by atoms with Crippen LogP contribution in [0.3, 0.4) is 0 Å². The molecule has 5 heteroatoms. The maximum atomic E-state index is 13.1. The van der Waals surface area contributed by atoms with Gasteiger partial charge in [0.05, 0.1) is 14.4 Å². The molecule has 12 heavy (non-hydrogen) atoms. The van der Waals surface area contributed by atoms with Gasteiger partial charge in [-0.15, -0.1) is 11.8 Å². The molecule has 0 saturated carbocycles. The van der Waals surface area contributed by atoms with Crippen LogP contribution in [-0.4, -0.2) is 6.26 Å². The van der Waals surface area contributed by atoms with Gasteiger partial charge in [-0.2, -0.15) is 0 Å². The Balaban J connectivity index is 3.42. The molecule has 0 aliphatic heterocycles. The van der Waals surface area contributed by atoms with E-state index in [9.17, 15) is 8.78 Å². The Labute approximate surface area is 86.4 Å². The van der Waals surface area contributed by atoms with E-state index in [1.54, 1.807) is 6.26 Å². The Hall–Kier alpha value is 0.200. The van der Waals surface area contributed by atoms with Gasteiger partial charge in [0.1, 0.15) is 0 Å². The second kappa shape index (κ2) is 3.94. The third-order valence-electron chi connectivity index (χ3n) is 1.28. The molecule has 0 saturated heterocycles. The molecule has 0 aromatic heterocycles. The number of thioether (sulfide) groups is 1. The lowest BCUT2D eigenvalue weighted by Gasteiger charge is -2.04. The molecule has 0 bridgehead atoms. The summed E-state index contributed by atoms with van der Waals surface area (Å²) in [7, 11) is 0. The van der Waals surface area contributed by atoms with Crippen molar-refractivity contribution in [1.82, 2.24) is 0 Å². The van der Waals surface area contributed by atoms with Crippen LogP contribution in [0, 0.1) is 11.6 Å². The molecule has 1 aromatic carbocycles. The van der Waals surface area contributed by atoms with Gasteiger partial charge < -0.3 is 0 Å². The SMILES string of the molecule is CSc1c(F)c(Cl)cc(Br)c1F. The highest BCUT2D eigenvalue weighted by molar-refractivity contribution is 9.10. The van der Waals surface area contributed by atoms with E-state index in [4.69, 9.17) is 11.6 Å². The normalized spacial score (nSPS) is 10.4. The summed E-state index contributed by atoms with van der Waals surface area (Å²) in [6.07, 6.45) is 1.59. The molecular formula is C7H4BrClF2S. The maximum Gasteiger partial charge on any atom is 0.158 e. The number of halogens is 4. The number of rotatable bonds is 1. The summed E-state index contributed by atoms with van der Waals surface area (Å²) >= 11 is 9.40. The van der Waals surface area contributed by atoms with E-state index in [0.717, 1.165) is 11.8 Å². The first-order valence-electron chi connectivity index (χ1n) is 2.95. The molecule has 0 fully saturated rings. The van der Waals surface area contributed by atoms with Crippen molar-refractivity contribution < 1.29 is 8.78 Å². The molecule has 1 rings (SSSR count). The Kier molecular flexibility index (Phi) is 3.37. The highest BCUT2D eigenvalue weighted by Gasteiger charge is 2.15. The summed E-state index contributed by atoms with van der Waals surface area (Å²) in [4.78, 5) is -0.0608. The fraction of sp³-hybridized carbons (Fsp3) is 0.143. The monoisotopic (exact) mass is 272 g/mol. The van der Waals surface area contributed by atoms with Crippen LogP contribution in [-0.2, 0) is 0 Å². The molecular weight excluding hydrogens is 269 g/mol. The van der Waals surface area contributed by atoms with Crippen LogP contribution >= 0.6 is 39.3 Å². The van der Waals surface area contributed by atoms with Crippen LogP contribution in [0.1, 0.15) is 0 Å². The number of benzene rings is 1. The zero-order valence-electron chi connectivity index (χ0n) is 6.00. The van der Waals surface area contributed by atoms with Crippen molar-refractivity contribution in [2.75, 3.05) is 6.26 Å². The van der Waals surface area contributed by atoms with Crippen LogP contribution in [0.2, 0.25) is 5.02 Å². The van der Waals surface area contributed by atoms with E-state index >= 15 is 0 Å². The van der Waals surface area contributed by atoms with Crippen LogP contribution in [0.15, 0.2) is 15.4 Å². The molecule has 0 radical (unpaired) electrons. The molecule has 0 spiro atoms. The van der Waals surface area contributed by atoms with Gasteiger partial charge in [0.25, 0.3) is 0 Å². The van der Waals surface area contributed by atoms with Gasteiger partial charge in [-0.1, -0.05) is 11.6 Å². The van der Waals surface area contributed by atoms with Crippen LogP contribution in [0.25, 0.3) is 0 Å². The van der Waals surface area contributed by atoms with E-state index in [1.807, 2.05) is 0 Å². The first kappa shape index (κ1) is 10.3. The molecule has 0 aliphatic rings. The highest BCUT2D eigenvalue weighted by atomic mass is 79.9. The van der Waals surface area contributed by atoms with Crippen molar-refractivity contribution in [3.63, 3.8) is 0 Å². The summed E-state index contributed by atoms with van der Waals surface area (Å²) in [5, 5.41) is -0.0763. The maximum absolute atomic E-state index is 13.1. The fourth-order valence-corrected chi connectivity index (χ4v) is 2.26. The average Bonchev–Trinajstić information content (AvgIpc) is 2.02. The van der Waals surface area contributed by atoms with Gasteiger partial charge in [-0.05, 0) is 28.3 Å². The first-order valence-corrected chi connectivity index (χ1v) is 5.34.